The highest BCUT2D eigenvalue weighted by atomic mass is 16.5. The summed E-state index contributed by atoms with van der Waals surface area (Å²) in [5, 5.41) is 2.96. The van der Waals surface area contributed by atoms with Gasteiger partial charge in [0.2, 0.25) is 0 Å². The van der Waals surface area contributed by atoms with Crippen molar-refractivity contribution >= 4 is 5.97 Å². The number of esters is 1. The van der Waals surface area contributed by atoms with E-state index in [0.29, 0.717) is 13.0 Å². The number of likely N-dealkylation sites (N-methyl/N-ethyl adjacent to an activating group) is 1. The SMILES string of the molecule is CCOC(=O)[C@@H](Cc1ccccc1)NC. The third-order valence-electron chi connectivity index (χ3n) is 2.20. The fourth-order valence-electron chi connectivity index (χ4n) is 1.40. The molecule has 0 aliphatic carbocycles. The molecule has 0 heterocycles. The van der Waals surface area contributed by atoms with Gasteiger partial charge in [0.1, 0.15) is 6.04 Å². The van der Waals surface area contributed by atoms with Gasteiger partial charge in [-0.15, -0.1) is 0 Å². The van der Waals surface area contributed by atoms with E-state index < -0.39 is 0 Å². The molecule has 0 saturated heterocycles. The number of nitrogens with one attached hydrogen (secondary N) is 1. The molecule has 0 fully saturated rings. The number of rotatable bonds is 5. The van der Waals surface area contributed by atoms with Gasteiger partial charge < -0.3 is 10.1 Å². The van der Waals surface area contributed by atoms with E-state index in [0.717, 1.165) is 5.56 Å². The summed E-state index contributed by atoms with van der Waals surface area (Å²) in [6, 6.07) is 9.64. The molecule has 1 atom stereocenters. The lowest BCUT2D eigenvalue weighted by Gasteiger charge is -2.14. The van der Waals surface area contributed by atoms with Gasteiger partial charge >= 0.3 is 5.97 Å². The van der Waals surface area contributed by atoms with Crippen molar-refractivity contribution in [3.05, 3.63) is 35.9 Å². The minimum atomic E-state index is -0.257. The van der Waals surface area contributed by atoms with Crippen molar-refractivity contribution in [3.8, 4) is 0 Å². The van der Waals surface area contributed by atoms with Crippen molar-refractivity contribution in [2.75, 3.05) is 13.7 Å². The Labute approximate surface area is 90.4 Å². The number of benzene rings is 1. The molecule has 0 spiro atoms. The van der Waals surface area contributed by atoms with E-state index in [4.69, 9.17) is 4.74 Å². The molecule has 15 heavy (non-hydrogen) atoms. The highest BCUT2D eigenvalue weighted by molar-refractivity contribution is 5.76. The maximum Gasteiger partial charge on any atom is 0.323 e. The predicted molar refractivity (Wildman–Crippen MR) is 59.6 cm³/mol. The lowest BCUT2D eigenvalue weighted by molar-refractivity contribution is -0.145. The zero-order valence-electron chi connectivity index (χ0n) is 9.19. The summed E-state index contributed by atoms with van der Waals surface area (Å²) in [4.78, 5) is 11.5. The molecule has 1 aromatic carbocycles. The Morgan fingerprint density at radius 1 is 1.40 bits per heavy atom. The third-order valence-corrected chi connectivity index (χ3v) is 2.20. The number of ether oxygens (including phenoxy) is 1. The Balaban J connectivity index is 2.58. The molecule has 1 rings (SSSR count). The van der Waals surface area contributed by atoms with Crippen LogP contribution in [0, 0.1) is 0 Å². The summed E-state index contributed by atoms with van der Waals surface area (Å²) in [5.74, 6) is -0.191. The highest BCUT2D eigenvalue weighted by Gasteiger charge is 2.17. The first-order valence-corrected chi connectivity index (χ1v) is 5.15. The summed E-state index contributed by atoms with van der Waals surface area (Å²) in [6.45, 7) is 2.24. The third kappa shape index (κ3) is 3.72. The molecular formula is C12H17NO2. The van der Waals surface area contributed by atoms with Crippen LogP contribution in [0.3, 0.4) is 0 Å². The van der Waals surface area contributed by atoms with Gasteiger partial charge in [-0.3, -0.25) is 4.79 Å². The van der Waals surface area contributed by atoms with E-state index in [9.17, 15) is 4.79 Å². The van der Waals surface area contributed by atoms with E-state index in [1.54, 1.807) is 7.05 Å². The largest absolute Gasteiger partial charge is 0.465 e. The van der Waals surface area contributed by atoms with Crippen LogP contribution in [-0.4, -0.2) is 25.7 Å². The van der Waals surface area contributed by atoms with Crippen molar-refractivity contribution in [1.82, 2.24) is 5.32 Å². The number of carbonyl (C=O) groups is 1. The Bertz CT molecular complexity index is 298. The molecule has 0 bridgehead atoms. The van der Waals surface area contributed by atoms with Crippen LogP contribution < -0.4 is 5.32 Å². The van der Waals surface area contributed by atoms with Crippen LogP contribution in [0.4, 0.5) is 0 Å². The summed E-state index contributed by atoms with van der Waals surface area (Å²) in [6.07, 6.45) is 0.663. The molecule has 0 unspecified atom stereocenters. The van der Waals surface area contributed by atoms with Gasteiger partial charge in [-0.1, -0.05) is 30.3 Å². The molecule has 0 aromatic heterocycles. The van der Waals surface area contributed by atoms with Crippen LogP contribution in [0.15, 0.2) is 30.3 Å². The van der Waals surface area contributed by atoms with Crippen LogP contribution >= 0.6 is 0 Å². The first-order chi connectivity index (χ1) is 7.27. The van der Waals surface area contributed by atoms with Crippen LogP contribution in [0.25, 0.3) is 0 Å². The van der Waals surface area contributed by atoms with Gasteiger partial charge in [0.25, 0.3) is 0 Å². The second-order valence-electron chi connectivity index (χ2n) is 3.28. The molecule has 0 aliphatic heterocycles. The van der Waals surface area contributed by atoms with Crippen LogP contribution in [-0.2, 0) is 16.0 Å². The van der Waals surface area contributed by atoms with Gasteiger partial charge in [0.05, 0.1) is 6.61 Å². The molecule has 0 saturated carbocycles. The van der Waals surface area contributed by atoms with Crippen molar-refractivity contribution in [2.45, 2.75) is 19.4 Å². The predicted octanol–water partition coefficient (Wildman–Crippen LogP) is 1.38. The fraction of sp³-hybridized carbons (Fsp3) is 0.417. The maximum absolute atomic E-state index is 11.5. The lowest BCUT2D eigenvalue weighted by Crippen LogP contribution is -2.37. The Kier molecular flexibility index (Phi) is 4.84. The average molecular weight is 207 g/mol. The standard InChI is InChI=1S/C12H17NO2/c1-3-15-12(14)11(13-2)9-10-7-5-4-6-8-10/h4-8,11,13H,3,9H2,1-2H3/t11-/m1/s1. The summed E-state index contributed by atoms with van der Waals surface area (Å²) in [7, 11) is 1.77. The zero-order valence-corrected chi connectivity index (χ0v) is 9.19. The molecule has 0 aliphatic rings. The topological polar surface area (TPSA) is 38.3 Å². The van der Waals surface area contributed by atoms with Crippen LogP contribution in [0.2, 0.25) is 0 Å². The second kappa shape index (κ2) is 6.19. The van der Waals surface area contributed by atoms with Gasteiger partial charge in [-0.2, -0.15) is 0 Å². The van der Waals surface area contributed by atoms with Gasteiger partial charge in [0.15, 0.2) is 0 Å². The minimum absolute atomic E-state index is 0.191. The van der Waals surface area contributed by atoms with Crippen LogP contribution in [0.5, 0.6) is 0 Å². The zero-order chi connectivity index (χ0) is 11.1. The first-order valence-electron chi connectivity index (χ1n) is 5.15. The number of hydrogen-bond acceptors (Lipinski definition) is 3. The van der Waals surface area contributed by atoms with Crippen molar-refractivity contribution in [3.63, 3.8) is 0 Å². The molecule has 1 N–H and O–H groups in total. The first kappa shape index (κ1) is 11.7. The smallest absolute Gasteiger partial charge is 0.323 e. The van der Waals surface area contributed by atoms with Crippen molar-refractivity contribution < 1.29 is 9.53 Å². The molecule has 1 aromatic rings. The summed E-state index contributed by atoms with van der Waals surface area (Å²) >= 11 is 0. The molecule has 3 nitrogen and oxygen atoms in total. The van der Waals surface area contributed by atoms with E-state index in [-0.39, 0.29) is 12.0 Å². The molecule has 82 valence electrons. The lowest BCUT2D eigenvalue weighted by atomic mass is 10.1. The van der Waals surface area contributed by atoms with Gasteiger partial charge in [-0.05, 0) is 26.0 Å². The maximum atomic E-state index is 11.5. The number of hydrogen-bond donors (Lipinski definition) is 1. The fourth-order valence-corrected chi connectivity index (χ4v) is 1.40. The second-order valence-corrected chi connectivity index (χ2v) is 3.28. The van der Waals surface area contributed by atoms with Crippen molar-refractivity contribution in [2.24, 2.45) is 0 Å². The Hall–Kier alpha value is -1.35. The van der Waals surface area contributed by atoms with E-state index in [1.807, 2.05) is 37.3 Å². The normalized spacial score (nSPS) is 12.1. The molecule has 0 amide bonds. The van der Waals surface area contributed by atoms with E-state index >= 15 is 0 Å². The highest BCUT2D eigenvalue weighted by Crippen LogP contribution is 2.04. The summed E-state index contributed by atoms with van der Waals surface area (Å²) < 4.78 is 4.97. The Morgan fingerprint density at radius 2 is 2.07 bits per heavy atom. The quantitative estimate of drug-likeness (QED) is 0.741. The van der Waals surface area contributed by atoms with Crippen LogP contribution in [0.1, 0.15) is 12.5 Å². The minimum Gasteiger partial charge on any atom is -0.465 e. The average Bonchev–Trinajstić information content (AvgIpc) is 2.27. The van der Waals surface area contributed by atoms with Gasteiger partial charge in [-0.25, -0.2) is 0 Å². The monoisotopic (exact) mass is 207 g/mol. The van der Waals surface area contributed by atoms with Gasteiger partial charge in [0, 0.05) is 0 Å². The Morgan fingerprint density at radius 3 is 2.60 bits per heavy atom. The van der Waals surface area contributed by atoms with E-state index in [2.05, 4.69) is 5.32 Å². The molecular weight excluding hydrogens is 190 g/mol. The molecule has 3 heteroatoms. The van der Waals surface area contributed by atoms with E-state index in [1.165, 1.54) is 0 Å². The molecule has 0 radical (unpaired) electrons. The summed E-state index contributed by atoms with van der Waals surface area (Å²) in [5.41, 5.74) is 1.13. The number of carbonyl (C=O) groups excluding carboxylic acids is 1. The van der Waals surface area contributed by atoms with Crippen molar-refractivity contribution in [1.29, 1.82) is 0 Å².